The third kappa shape index (κ3) is 4.50. The Labute approximate surface area is 143 Å². The summed E-state index contributed by atoms with van der Waals surface area (Å²) < 4.78 is 39.1. The zero-order valence-electron chi connectivity index (χ0n) is 13.3. The molecule has 1 saturated carbocycles. The van der Waals surface area contributed by atoms with E-state index in [4.69, 9.17) is 11.6 Å². The first-order valence-corrected chi connectivity index (χ1v) is 8.25. The highest BCUT2D eigenvalue weighted by molar-refractivity contribution is 6.63. The van der Waals surface area contributed by atoms with Crippen LogP contribution in [0.3, 0.4) is 0 Å². The van der Waals surface area contributed by atoms with Crippen molar-refractivity contribution >= 4 is 28.4 Å². The number of alkyl halides is 3. The minimum Gasteiger partial charge on any atom is -0.302 e. The number of benzene rings is 1. The summed E-state index contributed by atoms with van der Waals surface area (Å²) in [6.45, 7) is 1.66. The highest BCUT2D eigenvalue weighted by Gasteiger charge is 2.45. The van der Waals surface area contributed by atoms with Gasteiger partial charge in [-0.25, -0.2) is 0 Å². The number of carbonyl (C=O) groups excluding carboxylic acids is 2. The van der Waals surface area contributed by atoms with Crippen LogP contribution in [0.5, 0.6) is 0 Å². The summed E-state index contributed by atoms with van der Waals surface area (Å²) in [5.74, 6) is -1.80. The molecule has 1 atom stereocenters. The Morgan fingerprint density at radius 3 is 2.21 bits per heavy atom. The second-order valence-corrected chi connectivity index (χ2v) is 6.58. The van der Waals surface area contributed by atoms with E-state index in [1.165, 1.54) is 24.3 Å². The molecule has 0 radical (unpaired) electrons. The van der Waals surface area contributed by atoms with E-state index in [9.17, 15) is 22.8 Å². The van der Waals surface area contributed by atoms with E-state index in [1.54, 1.807) is 6.92 Å². The summed E-state index contributed by atoms with van der Waals surface area (Å²) in [5.41, 5.74) is 0.772. The van der Waals surface area contributed by atoms with Crippen LogP contribution in [0.4, 0.5) is 18.9 Å². The van der Waals surface area contributed by atoms with Gasteiger partial charge < -0.3 is 4.90 Å². The van der Waals surface area contributed by atoms with Crippen molar-refractivity contribution in [1.82, 2.24) is 0 Å². The maximum atomic E-state index is 13.0. The molecule has 1 unspecified atom stereocenters. The molecule has 24 heavy (non-hydrogen) atoms. The lowest BCUT2D eigenvalue weighted by Crippen LogP contribution is -2.48. The van der Waals surface area contributed by atoms with Crippen LogP contribution in [0.25, 0.3) is 0 Å². The molecule has 1 aliphatic carbocycles. The highest BCUT2D eigenvalue weighted by Crippen LogP contribution is 2.34. The number of halogens is 4. The number of amides is 1. The summed E-state index contributed by atoms with van der Waals surface area (Å²) in [7, 11) is 0. The Bertz CT molecular complexity index is 595. The fraction of sp³-hybridized carbons (Fsp3) is 0.529. The fourth-order valence-corrected chi connectivity index (χ4v) is 3.41. The normalized spacial score (nSPS) is 16.9. The van der Waals surface area contributed by atoms with Crippen molar-refractivity contribution in [3.8, 4) is 0 Å². The second kappa shape index (κ2) is 7.55. The van der Waals surface area contributed by atoms with Gasteiger partial charge in [-0.15, -0.1) is 0 Å². The third-order valence-corrected chi connectivity index (χ3v) is 4.64. The monoisotopic (exact) mass is 361 g/mol. The van der Waals surface area contributed by atoms with Crippen LogP contribution in [-0.4, -0.2) is 23.4 Å². The van der Waals surface area contributed by atoms with Gasteiger partial charge in [0, 0.05) is 18.2 Å². The zero-order chi connectivity index (χ0) is 17.9. The molecule has 0 aliphatic heterocycles. The summed E-state index contributed by atoms with van der Waals surface area (Å²) >= 11 is 5.31. The Balaban J connectivity index is 2.30. The smallest absolute Gasteiger partial charge is 0.302 e. The van der Waals surface area contributed by atoms with Gasteiger partial charge in [0.15, 0.2) is 0 Å². The topological polar surface area (TPSA) is 37.4 Å². The number of hydrogen-bond acceptors (Lipinski definition) is 2. The van der Waals surface area contributed by atoms with E-state index >= 15 is 0 Å². The minimum absolute atomic E-state index is 0.00671. The van der Waals surface area contributed by atoms with E-state index < -0.39 is 23.4 Å². The van der Waals surface area contributed by atoms with Gasteiger partial charge in [0.05, 0.1) is 0 Å². The predicted octanol–water partition coefficient (Wildman–Crippen LogP) is 4.47. The molecule has 0 spiro atoms. The molecule has 1 aromatic carbocycles. The van der Waals surface area contributed by atoms with Crippen molar-refractivity contribution in [3.63, 3.8) is 0 Å². The van der Waals surface area contributed by atoms with Crippen molar-refractivity contribution in [2.24, 2.45) is 5.92 Å². The van der Waals surface area contributed by atoms with E-state index in [0.717, 1.165) is 30.6 Å². The number of nitrogens with zero attached hydrogens (tertiary/aromatic N) is 1. The van der Waals surface area contributed by atoms with E-state index in [0.29, 0.717) is 5.56 Å². The van der Waals surface area contributed by atoms with Gasteiger partial charge in [0.25, 0.3) is 0 Å². The van der Waals surface area contributed by atoms with Crippen molar-refractivity contribution in [3.05, 3.63) is 29.8 Å². The number of carbonyl (C=O) groups is 2. The van der Waals surface area contributed by atoms with Crippen LogP contribution in [-0.2, 0) is 16.0 Å². The van der Waals surface area contributed by atoms with E-state index in [-0.39, 0.29) is 18.0 Å². The molecule has 132 valence electrons. The van der Waals surface area contributed by atoms with Crippen LogP contribution in [0.1, 0.15) is 38.2 Å². The second-order valence-electron chi connectivity index (χ2n) is 6.16. The fourth-order valence-electron chi connectivity index (χ4n) is 3.26. The van der Waals surface area contributed by atoms with Crippen LogP contribution < -0.4 is 4.90 Å². The first kappa shape index (κ1) is 18.8. The highest BCUT2D eigenvalue weighted by atomic mass is 35.5. The number of hydrogen-bond donors (Lipinski definition) is 0. The van der Waals surface area contributed by atoms with E-state index in [1.807, 2.05) is 0 Å². The summed E-state index contributed by atoms with van der Waals surface area (Å²) in [6.07, 6.45) is -1.35. The van der Waals surface area contributed by atoms with Gasteiger partial charge >= 0.3 is 12.1 Å². The Hall–Kier alpha value is -1.56. The molecule has 0 N–H and O–H groups in total. The first-order chi connectivity index (χ1) is 11.2. The summed E-state index contributed by atoms with van der Waals surface area (Å²) in [5, 5.41) is -0.551. The minimum atomic E-state index is -4.93. The van der Waals surface area contributed by atoms with Crippen molar-refractivity contribution in [2.75, 3.05) is 4.90 Å². The predicted molar refractivity (Wildman–Crippen MR) is 86.0 cm³/mol. The average molecular weight is 362 g/mol. The van der Waals surface area contributed by atoms with Crippen LogP contribution in [0, 0.1) is 5.92 Å². The van der Waals surface area contributed by atoms with Crippen molar-refractivity contribution in [1.29, 1.82) is 0 Å². The lowest BCUT2D eigenvalue weighted by atomic mass is 9.97. The Morgan fingerprint density at radius 1 is 1.21 bits per heavy atom. The molecule has 1 aromatic rings. The summed E-state index contributed by atoms with van der Waals surface area (Å²) in [6, 6.07) is 5.37. The van der Waals surface area contributed by atoms with Crippen LogP contribution in [0.15, 0.2) is 24.3 Å². The molecule has 1 fully saturated rings. The molecule has 1 amide bonds. The lowest BCUT2D eigenvalue weighted by molar-refractivity contribution is -0.171. The molecular formula is C17H19ClF3NO2. The lowest BCUT2D eigenvalue weighted by Gasteiger charge is -2.33. The largest absolute Gasteiger partial charge is 0.471 e. The maximum absolute atomic E-state index is 13.0. The van der Waals surface area contributed by atoms with Crippen LogP contribution >= 0.6 is 11.6 Å². The SMILES string of the molecule is CC(C1CCCC1)N(C(=O)C(F)(F)F)c1ccc(CC(=O)Cl)cc1. The molecular weight excluding hydrogens is 343 g/mol. The standard InChI is InChI=1S/C17H19ClF3NO2/c1-11(13-4-2-3-5-13)22(16(24)17(19,20)21)14-8-6-12(7-9-14)10-15(18)23/h6-9,11,13H,2-5,10H2,1H3. The van der Waals surface area contributed by atoms with Crippen molar-refractivity contribution < 1.29 is 22.8 Å². The van der Waals surface area contributed by atoms with Gasteiger partial charge in [-0.2, -0.15) is 13.2 Å². The number of anilines is 1. The quantitative estimate of drug-likeness (QED) is 0.726. The molecule has 0 saturated heterocycles. The summed E-state index contributed by atoms with van der Waals surface area (Å²) in [4.78, 5) is 23.7. The van der Waals surface area contributed by atoms with E-state index in [2.05, 4.69) is 0 Å². The average Bonchev–Trinajstić information content (AvgIpc) is 3.01. The van der Waals surface area contributed by atoms with Gasteiger partial charge in [-0.1, -0.05) is 25.0 Å². The first-order valence-electron chi connectivity index (χ1n) is 7.88. The number of rotatable bonds is 5. The molecule has 0 aromatic heterocycles. The van der Waals surface area contributed by atoms with Gasteiger partial charge in [-0.05, 0) is 55.0 Å². The molecule has 0 heterocycles. The Kier molecular flexibility index (Phi) is 5.91. The van der Waals surface area contributed by atoms with Gasteiger partial charge in [-0.3, -0.25) is 9.59 Å². The van der Waals surface area contributed by atoms with Gasteiger partial charge in [0.2, 0.25) is 5.24 Å². The van der Waals surface area contributed by atoms with Gasteiger partial charge in [0.1, 0.15) is 0 Å². The molecule has 0 bridgehead atoms. The molecule has 1 aliphatic rings. The third-order valence-electron chi connectivity index (χ3n) is 4.51. The maximum Gasteiger partial charge on any atom is 0.471 e. The zero-order valence-corrected chi connectivity index (χ0v) is 14.0. The molecule has 7 heteroatoms. The molecule has 2 rings (SSSR count). The Morgan fingerprint density at radius 2 is 1.75 bits per heavy atom. The van der Waals surface area contributed by atoms with Crippen molar-refractivity contribution in [2.45, 2.75) is 51.2 Å². The molecule has 3 nitrogen and oxygen atoms in total. The van der Waals surface area contributed by atoms with Crippen LogP contribution in [0.2, 0.25) is 0 Å².